The van der Waals surface area contributed by atoms with Gasteiger partial charge < -0.3 is 9.32 Å². The summed E-state index contributed by atoms with van der Waals surface area (Å²) < 4.78 is 5.14. The van der Waals surface area contributed by atoms with Crippen LogP contribution in [0.3, 0.4) is 0 Å². The zero-order valence-corrected chi connectivity index (χ0v) is 14.0. The van der Waals surface area contributed by atoms with Gasteiger partial charge in [0.05, 0.1) is 25.5 Å². The second-order valence-corrected chi connectivity index (χ2v) is 5.75. The van der Waals surface area contributed by atoms with Crippen molar-refractivity contribution in [2.45, 2.75) is 0 Å². The number of carbonyl (C=O) groups excluding carboxylic acids is 1. The van der Waals surface area contributed by atoms with Gasteiger partial charge in [0.25, 0.3) is 5.82 Å². The topological polar surface area (TPSA) is 62.9 Å². The Balaban J connectivity index is 1.47. The van der Waals surface area contributed by atoms with E-state index in [4.69, 9.17) is 16.6 Å². The van der Waals surface area contributed by atoms with Crippen LogP contribution in [-0.4, -0.2) is 42.1 Å². The maximum absolute atomic E-state index is 11.9. The third kappa shape index (κ3) is 4.20. The summed E-state index contributed by atoms with van der Waals surface area (Å²) in [6.07, 6.45) is 6.51. The summed E-state index contributed by atoms with van der Waals surface area (Å²) in [4.78, 5) is 19.4. The molecule has 0 spiro atoms. The molecule has 3 heterocycles. The van der Waals surface area contributed by atoms with E-state index in [1.54, 1.807) is 24.5 Å². The van der Waals surface area contributed by atoms with Crippen molar-refractivity contribution in [3.8, 4) is 0 Å². The molecule has 0 unspecified atom stereocenters. The molecule has 0 aliphatic carbocycles. The Labute approximate surface area is 145 Å². The summed E-state index contributed by atoms with van der Waals surface area (Å²) in [7, 11) is 0. The number of pyridine rings is 1. The molecule has 1 aliphatic rings. The van der Waals surface area contributed by atoms with Crippen LogP contribution >= 0.6 is 12.2 Å². The van der Waals surface area contributed by atoms with E-state index in [1.165, 1.54) is 6.08 Å². The third-order valence-electron chi connectivity index (χ3n) is 3.77. The second kappa shape index (κ2) is 7.74. The summed E-state index contributed by atoms with van der Waals surface area (Å²) in [6.45, 7) is 3.23. The molecule has 1 saturated heterocycles. The van der Waals surface area contributed by atoms with Crippen LogP contribution in [0.5, 0.6) is 0 Å². The standard InChI is InChI=1S/C17H18N4O2S/c22-16(7-6-14-4-3-13-23-14)19-17(24)21-11-9-20(10-12-21)15-5-1-2-8-18-15/h1-8,13H,9-12H2,(H,19,22,24)/p+1/b7-6+. The summed E-state index contributed by atoms with van der Waals surface area (Å²) >= 11 is 5.33. The van der Waals surface area contributed by atoms with Crippen molar-refractivity contribution >= 4 is 35.1 Å². The van der Waals surface area contributed by atoms with Crippen LogP contribution < -0.4 is 15.2 Å². The van der Waals surface area contributed by atoms with Crippen LogP contribution in [0.25, 0.3) is 6.08 Å². The minimum Gasteiger partial charge on any atom is -0.465 e. The molecule has 2 aromatic rings. The molecule has 124 valence electrons. The Bertz CT molecular complexity index is 707. The van der Waals surface area contributed by atoms with Gasteiger partial charge in [-0.05, 0) is 36.5 Å². The predicted molar refractivity (Wildman–Crippen MR) is 95.3 cm³/mol. The Morgan fingerprint density at radius 1 is 1.21 bits per heavy atom. The molecule has 3 rings (SSSR count). The minimum atomic E-state index is -0.254. The molecule has 0 radical (unpaired) electrons. The SMILES string of the molecule is O=C(/C=C/c1ccco1)NC(=S)N1CCN(c2cccc[nH+]2)CC1. The molecule has 6 nitrogen and oxygen atoms in total. The van der Waals surface area contributed by atoms with Crippen LogP contribution in [0, 0.1) is 0 Å². The molecule has 0 aromatic carbocycles. The van der Waals surface area contributed by atoms with Gasteiger partial charge in [0.2, 0.25) is 5.91 Å². The fourth-order valence-electron chi connectivity index (χ4n) is 2.50. The molecule has 0 bridgehead atoms. The lowest BCUT2D eigenvalue weighted by Gasteiger charge is -2.32. The Kier molecular flexibility index (Phi) is 5.22. The highest BCUT2D eigenvalue weighted by molar-refractivity contribution is 7.80. The van der Waals surface area contributed by atoms with Crippen LogP contribution in [0.4, 0.5) is 5.82 Å². The zero-order chi connectivity index (χ0) is 16.8. The van der Waals surface area contributed by atoms with Gasteiger partial charge in [-0.2, -0.15) is 0 Å². The average molecular weight is 343 g/mol. The van der Waals surface area contributed by atoms with Crippen molar-refractivity contribution in [2.24, 2.45) is 0 Å². The number of rotatable bonds is 3. The summed E-state index contributed by atoms with van der Waals surface area (Å²) in [5.74, 6) is 1.47. The van der Waals surface area contributed by atoms with Gasteiger partial charge >= 0.3 is 0 Å². The van der Waals surface area contributed by atoms with E-state index < -0.39 is 0 Å². The summed E-state index contributed by atoms with van der Waals surface area (Å²) in [6, 6.07) is 9.57. The summed E-state index contributed by atoms with van der Waals surface area (Å²) in [5.41, 5.74) is 0. The highest BCUT2D eigenvalue weighted by Gasteiger charge is 2.24. The van der Waals surface area contributed by atoms with Crippen LogP contribution in [0.2, 0.25) is 0 Å². The number of nitrogens with zero attached hydrogens (tertiary/aromatic N) is 2. The number of nitrogens with one attached hydrogen (secondary N) is 2. The lowest BCUT2D eigenvalue weighted by Crippen LogP contribution is -2.53. The monoisotopic (exact) mass is 343 g/mol. The first-order valence-electron chi connectivity index (χ1n) is 7.75. The molecule has 0 atom stereocenters. The Morgan fingerprint density at radius 2 is 2.04 bits per heavy atom. The van der Waals surface area contributed by atoms with E-state index in [9.17, 15) is 4.79 Å². The van der Waals surface area contributed by atoms with Gasteiger partial charge in [-0.25, -0.2) is 4.98 Å². The first-order chi connectivity index (χ1) is 11.7. The lowest BCUT2D eigenvalue weighted by atomic mass is 10.3. The van der Waals surface area contributed by atoms with E-state index >= 15 is 0 Å². The van der Waals surface area contributed by atoms with Crippen molar-refractivity contribution < 1.29 is 14.2 Å². The number of H-pyrrole nitrogens is 1. The highest BCUT2D eigenvalue weighted by atomic mass is 32.1. The first kappa shape index (κ1) is 16.2. The van der Waals surface area contributed by atoms with E-state index in [-0.39, 0.29) is 5.91 Å². The van der Waals surface area contributed by atoms with Gasteiger partial charge in [0.1, 0.15) is 18.8 Å². The molecule has 1 aliphatic heterocycles. The van der Waals surface area contributed by atoms with E-state index in [2.05, 4.69) is 21.3 Å². The molecular formula is C17H19N4O2S+. The number of hydrogen-bond acceptors (Lipinski definition) is 4. The highest BCUT2D eigenvalue weighted by Crippen LogP contribution is 2.10. The number of thiocarbonyl (C=S) groups is 1. The summed E-state index contributed by atoms with van der Waals surface area (Å²) in [5, 5.41) is 3.19. The molecule has 2 N–H and O–H groups in total. The normalized spacial score (nSPS) is 14.8. The van der Waals surface area contributed by atoms with Gasteiger partial charge in [-0.15, -0.1) is 0 Å². The van der Waals surface area contributed by atoms with Crippen molar-refractivity contribution in [1.29, 1.82) is 0 Å². The van der Waals surface area contributed by atoms with Gasteiger partial charge in [0.15, 0.2) is 5.11 Å². The average Bonchev–Trinajstić information content (AvgIpc) is 3.14. The van der Waals surface area contributed by atoms with Crippen LogP contribution in [0.15, 0.2) is 53.3 Å². The predicted octanol–water partition coefficient (Wildman–Crippen LogP) is 1.33. The van der Waals surface area contributed by atoms with E-state index in [1.807, 2.05) is 23.2 Å². The minimum absolute atomic E-state index is 0.254. The third-order valence-corrected chi connectivity index (χ3v) is 4.13. The first-order valence-corrected chi connectivity index (χ1v) is 8.16. The fourth-order valence-corrected chi connectivity index (χ4v) is 2.78. The number of carbonyl (C=O) groups is 1. The molecule has 7 heteroatoms. The van der Waals surface area contributed by atoms with Crippen LogP contribution in [-0.2, 0) is 4.79 Å². The number of aromatic nitrogens is 1. The Morgan fingerprint density at radius 3 is 2.71 bits per heavy atom. The quantitative estimate of drug-likeness (QED) is 0.673. The maximum Gasteiger partial charge on any atom is 0.274 e. The zero-order valence-electron chi connectivity index (χ0n) is 13.1. The molecule has 1 amide bonds. The van der Waals surface area contributed by atoms with Crippen LogP contribution in [0.1, 0.15) is 5.76 Å². The number of piperazine rings is 1. The smallest absolute Gasteiger partial charge is 0.274 e. The molecular weight excluding hydrogens is 324 g/mol. The van der Waals surface area contributed by atoms with Crippen molar-refractivity contribution in [3.05, 3.63) is 54.6 Å². The molecule has 0 saturated carbocycles. The van der Waals surface area contributed by atoms with Crippen molar-refractivity contribution in [2.75, 3.05) is 31.1 Å². The van der Waals surface area contributed by atoms with Gasteiger partial charge in [0, 0.05) is 12.1 Å². The molecule has 24 heavy (non-hydrogen) atoms. The number of aromatic amines is 1. The van der Waals surface area contributed by atoms with Crippen molar-refractivity contribution in [1.82, 2.24) is 10.2 Å². The maximum atomic E-state index is 11.9. The largest absolute Gasteiger partial charge is 0.465 e. The Hall–Kier alpha value is -2.67. The second-order valence-electron chi connectivity index (χ2n) is 5.37. The lowest BCUT2D eigenvalue weighted by molar-refractivity contribution is -0.364. The van der Waals surface area contributed by atoms with E-state index in [0.717, 1.165) is 32.0 Å². The molecule has 2 aromatic heterocycles. The fraction of sp³-hybridized carbons (Fsp3) is 0.235. The molecule has 1 fully saturated rings. The van der Waals surface area contributed by atoms with E-state index in [0.29, 0.717) is 10.9 Å². The van der Waals surface area contributed by atoms with Gasteiger partial charge in [-0.1, -0.05) is 6.07 Å². The van der Waals surface area contributed by atoms with Gasteiger partial charge in [-0.3, -0.25) is 15.0 Å². The number of amides is 1. The number of anilines is 1. The number of furan rings is 1. The van der Waals surface area contributed by atoms with Crippen molar-refractivity contribution in [3.63, 3.8) is 0 Å². The number of hydrogen-bond donors (Lipinski definition) is 1.